The summed E-state index contributed by atoms with van der Waals surface area (Å²) in [7, 11) is 3.09. The first kappa shape index (κ1) is 19.9. The molecule has 0 aromatic heterocycles. The van der Waals surface area contributed by atoms with Crippen LogP contribution in [0.1, 0.15) is 21.5 Å². The first-order chi connectivity index (χ1) is 13.3. The van der Waals surface area contributed by atoms with E-state index in [0.717, 1.165) is 11.1 Å². The number of carbonyl (C=O) groups excluding carboxylic acids is 1. The summed E-state index contributed by atoms with van der Waals surface area (Å²) in [6, 6.07) is 9.95. The summed E-state index contributed by atoms with van der Waals surface area (Å²) in [5.74, 6) is -0.215. The molecule has 2 aromatic carbocycles. The Balaban J connectivity index is 1.98. The molecule has 2 aromatic rings. The highest BCUT2D eigenvalue weighted by Crippen LogP contribution is 2.38. The molecule has 0 spiro atoms. The highest BCUT2D eigenvalue weighted by atomic mass is 32.2. The van der Waals surface area contributed by atoms with Crippen LogP contribution in [0.25, 0.3) is 6.08 Å². The van der Waals surface area contributed by atoms with Gasteiger partial charge in [-0.1, -0.05) is 36.1 Å². The number of hydrogen-bond acceptors (Lipinski definition) is 6. The van der Waals surface area contributed by atoms with E-state index in [-0.39, 0.29) is 11.5 Å². The second-order valence-electron chi connectivity index (χ2n) is 5.94. The molecule has 8 heteroatoms. The fourth-order valence-electron chi connectivity index (χ4n) is 2.75. The van der Waals surface area contributed by atoms with E-state index >= 15 is 0 Å². The molecular weight excluding hydrogens is 398 g/mol. The van der Waals surface area contributed by atoms with Crippen LogP contribution < -0.4 is 14.4 Å². The van der Waals surface area contributed by atoms with E-state index in [1.165, 1.54) is 28.8 Å². The first-order valence-corrected chi connectivity index (χ1v) is 9.42. The van der Waals surface area contributed by atoms with E-state index < -0.39 is 5.97 Å². The average Bonchev–Trinajstić information content (AvgIpc) is 2.95. The number of thioether (sulfide) groups is 1. The van der Waals surface area contributed by atoms with Gasteiger partial charge in [-0.2, -0.15) is 0 Å². The van der Waals surface area contributed by atoms with Gasteiger partial charge in [0.2, 0.25) is 0 Å². The number of thiocarbonyl (C=S) groups is 1. The molecule has 1 aliphatic heterocycles. The lowest BCUT2D eigenvalue weighted by Crippen LogP contribution is -2.28. The van der Waals surface area contributed by atoms with Crippen LogP contribution in [0, 0.1) is 6.92 Å². The van der Waals surface area contributed by atoms with Gasteiger partial charge in [0, 0.05) is 0 Å². The van der Waals surface area contributed by atoms with Crippen molar-refractivity contribution in [1.29, 1.82) is 0 Å². The number of aryl methyl sites for hydroxylation is 1. The number of benzene rings is 2. The van der Waals surface area contributed by atoms with Crippen molar-refractivity contribution in [2.24, 2.45) is 0 Å². The molecule has 0 radical (unpaired) electrons. The summed E-state index contributed by atoms with van der Waals surface area (Å²) in [5, 5.41) is 9.24. The molecule has 0 aliphatic carbocycles. The molecule has 1 N–H and O–H groups in total. The second kappa shape index (κ2) is 8.04. The predicted molar refractivity (Wildman–Crippen MR) is 113 cm³/mol. The van der Waals surface area contributed by atoms with Gasteiger partial charge < -0.3 is 14.6 Å². The summed E-state index contributed by atoms with van der Waals surface area (Å²) < 4.78 is 10.9. The van der Waals surface area contributed by atoms with Crippen molar-refractivity contribution in [1.82, 2.24) is 0 Å². The van der Waals surface area contributed by atoms with Crippen molar-refractivity contribution >= 4 is 51.9 Å². The van der Waals surface area contributed by atoms with Crippen molar-refractivity contribution in [3.63, 3.8) is 0 Å². The monoisotopic (exact) mass is 415 g/mol. The number of anilines is 1. The first-order valence-electron chi connectivity index (χ1n) is 8.19. The number of carboxylic acids is 1. The number of nitrogens with zero attached hydrogens (tertiary/aromatic N) is 1. The minimum atomic E-state index is -1.06. The third-order valence-electron chi connectivity index (χ3n) is 4.20. The van der Waals surface area contributed by atoms with Gasteiger partial charge in [0.1, 0.15) is 0 Å². The Kier molecular flexibility index (Phi) is 5.71. The Labute approximate surface area is 171 Å². The minimum absolute atomic E-state index is 0.0959. The topological polar surface area (TPSA) is 76.1 Å². The standard InChI is InChI=1S/C20H17NO5S2/c1-11-4-6-13(19(23)24)10-14(11)21-18(22)17(28-20(21)27)9-12-5-7-15(25-2)16(8-12)26-3/h4-10H,1-3H3,(H,23,24). The molecule has 0 atom stereocenters. The zero-order valence-electron chi connectivity index (χ0n) is 15.4. The van der Waals surface area contributed by atoms with Crippen LogP contribution in [0.4, 0.5) is 5.69 Å². The van der Waals surface area contributed by atoms with Crippen molar-refractivity contribution in [3.05, 3.63) is 58.0 Å². The van der Waals surface area contributed by atoms with E-state index in [2.05, 4.69) is 0 Å². The third kappa shape index (κ3) is 3.74. The Morgan fingerprint density at radius 1 is 1.14 bits per heavy atom. The van der Waals surface area contributed by atoms with Gasteiger partial charge in [0.15, 0.2) is 15.8 Å². The van der Waals surface area contributed by atoms with Crippen LogP contribution in [-0.4, -0.2) is 35.5 Å². The lowest BCUT2D eigenvalue weighted by Gasteiger charge is -2.17. The Morgan fingerprint density at radius 3 is 2.50 bits per heavy atom. The Morgan fingerprint density at radius 2 is 1.86 bits per heavy atom. The van der Waals surface area contributed by atoms with E-state index in [0.29, 0.717) is 26.4 Å². The molecule has 0 saturated carbocycles. The number of methoxy groups -OCH3 is 2. The molecule has 144 valence electrons. The van der Waals surface area contributed by atoms with E-state index in [1.54, 1.807) is 45.4 Å². The highest BCUT2D eigenvalue weighted by molar-refractivity contribution is 8.27. The lowest BCUT2D eigenvalue weighted by molar-refractivity contribution is -0.113. The van der Waals surface area contributed by atoms with Crippen molar-refractivity contribution < 1.29 is 24.2 Å². The molecule has 0 bridgehead atoms. The predicted octanol–water partition coefficient (Wildman–Crippen LogP) is 4.12. The molecule has 6 nitrogen and oxygen atoms in total. The number of amides is 1. The largest absolute Gasteiger partial charge is 0.493 e. The number of carboxylic acid groups (broad SMARTS) is 1. The second-order valence-corrected chi connectivity index (χ2v) is 7.61. The van der Waals surface area contributed by atoms with Gasteiger partial charge in [-0.3, -0.25) is 9.69 Å². The van der Waals surface area contributed by atoms with E-state index in [1.807, 2.05) is 6.07 Å². The van der Waals surface area contributed by atoms with Gasteiger partial charge in [0.25, 0.3) is 5.91 Å². The number of rotatable bonds is 5. The van der Waals surface area contributed by atoms with Crippen molar-refractivity contribution in [3.8, 4) is 11.5 Å². The van der Waals surface area contributed by atoms with Crippen LogP contribution in [0.15, 0.2) is 41.3 Å². The van der Waals surface area contributed by atoms with Crippen molar-refractivity contribution in [2.75, 3.05) is 19.1 Å². The Bertz CT molecular complexity index is 1020. The smallest absolute Gasteiger partial charge is 0.335 e. The molecule has 1 aliphatic rings. The maximum Gasteiger partial charge on any atom is 0.335 e. The van der Waals surface area contributed by atoms with Crippen LogP contribution >= 0.6 is 24.0 Å². The van der Waals surface area contributed by atoms with Crippen LogP contribution in [0.2, 0.25) is 0 Å². The molecule has 0 unspecified atom stereocenters. The summed E-state index contributed by atoms with van der Waals surface area (Å²) in [4.78, 5) is 26.1. The van der Waals surface area contributed by atoms with Crippen LogP contribution in [-0.2, 0) is 4.79 Å². The van der Waals surface area contributed by atoms with Gasteiger partial charge in [0.05, 0.1) is 30.4 Å². The summed E-state index contributed by atoms with van der Waals surface area (Å²) in [5.41, 5.74) is 2.08. The van der Waals surface area contributed by atoms with Gasteiger partial charge >= 0.3 is 5.97 Å². The van der Waals surface area contributed by atoms with Crippen LogP contribution in [0.5, 0.6) is 11.5 Å². The molecule has 3 rings (SSSR count). The normalized spacial score (nSPS) is 15.2. The molecule has 1 amide bonds. The fourth-order valence-corrected chi connectivity index (χ4v) is 4.04. The van der Waals surface area contributed by atoms with Crippen LogP contribution in [0.3, 0.4) is 0 Å². The maximum atomic E-state index is 13.0. The number of carbonyl (C=O) groups is 2. The minimum Gasteiger partial charge on any atom is -0.493 e. The zero-order valence-corrected chi connectivity index (χ0v) is 17.0. The van der Waals surface area contributed by atoms with E-state index in [4.69, 9.17) is 21.7 Å². The summed E-state index contributed by atoms with van der Waals surface area (Å²) in [6.45, 7) is 1.80. The highest BCUT2D eigenvalue weighted by Gasteiger charge is 2.34. The van der Waals surface area contributed by atoms with Gasteiger partial charge in [-0.15, -0.1) is 0 Å². The number of aromatic carboxylic acids is 1. The molecule has 1 saturated heterocycles. The quantitative estimate of drug-likeness (QED) is 0.582. The average molecular weight is 415 g/mol. The Hall–Kier alpha value is -2.84. The molecule has 28 heavy (non-hydrogen) atoms. The molecule has 1 fully saturated rings. The zero-order chi connectivity index (χ0) is 20.4. The molecular formula is C20H17NO5S2. The van der Waals surface area contributed by atoms with Crippen molar-refractivity contribution in [2.45, 2.75) is 6.92 Å². The third-order valence-corrected chi connectivity index (χ3v) is 5.50. The number of hydrogen-bond donors (Lipinski definition) is 1. The van der Waals surface area contributed by atoms with E-state index in [9.17, 15) is 14.7 Å². The fraction of sp³-hybridized carbons (Fsp3) is 0.150. The maximum absolute atomic E-state index is 13.0. The number of ether oxygens (including phenoxy) is 2. The van der Waals surface area contributed by atoms with Gasteiger partial charge in [-0.05, 0) is 48.4 Å². The van der Waals surface area contributed by atoms with Gasteiger partial charge in [-0.25, -0.2) is 4.79 Å². The summed E-state index contributed by atoms with van der Waals surface area (Å²) >= 11 is 6.55. The SMILES string of the molecule is COc1ccc(C=C2SC(=S)N(c3cc(C(=O)O)ccc3C)C2=O)cc1OC. The lowest BCUT2D eigenvalue weighted by atomic mass is 10.1. The molecule has 1 heterocycles. The summed E-state index contributed by atoms with van der Waals surface area (Å²) in [6.07, 6.45) is 1.72.